The number of thiophene rings is 1. The average Bonchev–Trinajstić information content (AvgIpc) is 2.30. The van der Waals surface area contributed by atoms with Gasteiger partial charge in [-0.15, -0.1) is 11.3 Å². The van der Waals surface area contributed by atoms with Crippen LogP contribution in [0, 0.1) is 0 Å². The van der Waals surface area contributed by atoms with Crippen molar-refractivity contribution < 1.29 is 0 Å². The molecule has 0 aliphatic heterocycles. The van der Waals surface area contributed by atoms with Gasteiger partial charge in [0.05, 0.1) is 9.47 Å². The molecule has 1 aromatic carbocycles. The Bertz CT molecular complexity index is 394. The Hall–Kier alpha value is -0.540. The summed E-state index contributed by atoms with van der Waals surface area (Å²) < 4.78 is 2.26. The maximum atomic E-state index is 5.80. The largest absolute Gasteiger partial charge is 0.397 e. The molecule has 2 rings (SSSR count). The number of rotatable bonds is 0. The standard InChI is InChI=1S/C8H6BrNS/c9-8-7(10)5-3-1-2-4-6(5)11-8/h1-4H,10H2. The first-order valence-electron chi connectivity index (χ1n) is 3.21. The highest BCUT2D eigenvalue weighted by Crippen LogP contribution is 2.36. The van der Waals surface area contributed by atoms with Crippen LogP contribution in [0.2, 0.25) is 0 Å². The van der Waals surface area contributed by atoms with E-state index >= 15 is 0 Å². The van der Waals surface area contributed by atoms with Crippen LogP contribution < -0.4 is 5.73 Å². The predicted octanol–water partition coefficient (Wildman–Crippen LogP) is 3.25. The summed E-state index contributed by atoms with van der Waals surface area (Å²) in [6.45, 7) is 0. The first kappa shape index (κ1) is 7.13. The lowest BCUT2D eigenvalue weighted by atomic mass is 10.2. The van der Waals surface area contributed by atoms with E-state index in [1.165, 1.54) is 4.70 Å². The second kappa shape index (κ2) is 2.50. The normalized spacial score (nSPS) is 10.6. The van der Waals surface area contributed by atoms with Gasteiger partial charge in [0.25, 0.3) is 0 Å². The van der Waals surface area contributed by atoms with Gasteiger partial charge >= 0.3 is 0 Å². The minimum Gasteiger partial charge on any atom is -0.397 e. The summed E-state index contributed by atoms with van der Waals surface area (Å²) in [5.41, 5.74) is 6.65. The van der Waals surface area contributed by atoms with E-state index in [-0.39, 0.29) is 0 Å². The fraction of sp³-hybridized carbons (Fsp3) is 0. The summed E-state index contributed by atoms with van der Waals surface area (Å²) in [7, 11) is 0. The molecule has 1 heterocycles. The Morgan fingerprint density at radius 1 is 1.27 bits per heavy atom. The Balaban J connectivity index is 2.92. The minimum atomic E-state index is 0.852. The third-order valence-electron chi connectivity index (χ3n) is 1.59. The van der Waals surface area contributed by atoms with Crippen LogP contribution in [0.5, 0.6) is 0 Å². The number of hydrogen-bond donors (Lipinski definition) is 1. The maximum Gasteiger partial charge on any atom is 0.0940 e. The van der Waals surface area contributed by atoms with Gasteiger partial charge in [-0.3, -0.25) is 0 Å². The number of fused-ring (bicyclic) bond motifs is 1. The van der Waals surface area contributed by atoms with Gasteiger partial charge in [0.1, 0.15) is 0 Å². The molecule has 1 aromatic heterocycles. The predicted molar refractivity (Wildman–Crippen MR) is 53.9 cm³/mol. The highest BCUT2D eigenvalue weighted by Gasteiger charge is 2.04. The van der Waals surface area contributed by atoms with E-state index in [1.807, 2.05) is 18.2 Å². The number of halogens is 1. The van der Waals surface area contributed by atoms with Crippen molar-refractivity contribution >= 4 is 43.0 Å². The number of nitrogen functional groups attached to an aromatic ring is 1. The Kier molecular flexibility index (Phi) is 1.62. The van der Waals surface area contributed by atoms with E-state index < -0.39 is 0 Å². The van der Waals surface area contributed by atoms with Gasteiger partial charge in [0, 0.05) is 10.1 Å². The summed E-state index contributed by atoms with van der Waals surface area (Å²) in [6.07, 6.45) is 0. The molecule has 3 heteroatoms. The third-order valence-corrected chi connectivity index (χ3v) is 3.48. The quantitative estimate of drug-likeness (QED) is 0.735. The second-order valence-corrected chi connectivity index (χ2v) is 4.66. The lowest BCUT2D eigenvalue weighted by molar-refractivity contribution is 1.82. The summed E-state index contributed by atoms with van der Waals surface area (Å²) >= 11 is 5.07. The summed E-state index contributed by atoms with van der Waals surface area (Å²) in [5, 5.41) is 1.14. The Labute approximate surface area is 77.0 Å². The molecule has 0 saturated carbocycles. The molecule has 2 aromatic rings. The van der Waals surface area contributed by atoms with Crippen LogP contribution in [0.4, 0.5) is 5.69 Å². The Morgan fingerprint density at radius 3 is 2.73 bits per heavy atom. The molecule has 0 aliphatic carbocycles. The fourth-order valence-corrected chi connectivity index (χ4v) is 2.62. The highest BCUT2D eigenvalue weighted by molar-refractivity contribution is 9.11. The van der Waals surface area contributed by atoms with Gasteiger partial charge in [-0.25, -0.2) is 0 Å². The van der Waals surface area contributed by atoms with Gasteiger partial charge in [0.2, 0.25) is 0 Å². The molecule has 0 atom stereocenters. The van der Waals surface area contributed by atoms with E-state index in [9.17, 15) is 0 Å². The minimum absolute atomic E-state index is 0.852. The van der Waals surface area contributed by atoms with E-state index in [0.717, 1.165) is 14.9 Å². The van der Waals surface area contributed by atoms with Crippen LogP contribution >= 0.6 is 27.3 Å². The second-order valence-electron chi connectivity index (χ2n) is 2.29. The van der Waals surface area contributed by atoms with Crippen LogP contribution in [0.25, 0.3) is 10.1 Å². The highest BCUT2D eigenvalue weighted by atomic mass is 79.9. The van der Waals surface area contributed by atoms with E-state index in [2.05, 4.69) is 22.0 Å². The maximum absolute atomic E-state index is 5.80. The molecule has 0 bridgehead atoms. The molecule has 0 spiro atoms. The van der Waals surface area contributed by atoms with Crippen molar-refractivity contribution in [3.8, 4) is 0 Å². The van der Waals surface area contributed by atoms with Gasteiger partial charge in [0.15, 0.2) is 0 Å². The monoisotopic (exact) mass is 227 g/mol. The molecule has 11 heavy (non-hydrogen) atoms. The van der Waals surface area contributed by atoms with Crippen molar-refractivity contribution in [2.24, 2.45) is 0 Å². The fourth-order valence-electron chi connectivity index (χ4n) is 1.04. The Morgan fingerprint density at radius 2 is 2.00 bits per heavy atom. The first-order chi connectivity index (χ1) is 5.29. The molecule has 0 unspecified atom stereocenters. The zero-order chi connectivity index (χ0) is 7.84. The molecular formula is C8H6BrNS. The van der Waals surface area contributed by atoms with Crippen molar-refractivity contribution in [3.63, 3.8) is 0 Å². The number of hydrogen-bond acceptors (Lipinski definition) is 2. The zero-order valence-electron chi connectivity index (χ0n) is 5.67. The van der Waals surface area contributed by atoms with Crippen molar-refractivity contribution in [2.75, 3.05) is 5.73 Å². The summed E-state index contributed by atoms with van der Waals surface area (Å²) in [6, 6.07) is 8.12. The summed E-state index contributed by atoms with van der Waals surface area (Å²) in [5.74, 6) is 0. The van der Waals surface area contributed by atoms with E-state index in [1.54, 1.807) is 11.3 Å². The van der Waals surface area contributed by atoms with E-state index in [4.69, 9.17) is 5.73 Å². The molecule has 0 aliphatic rings. The van der Waals surface area contributed by atoms with Crippen molar-refractivity contribution in [2.45, 2.75) is 0 Å². The number of benzene rings is 1. The van der Waals surface area contributed by atoms with Gasteiger partial charge in [-0.2, -0.15) is 0 Å². The number of anilines is 1. The van der Waals surface area contributed by atoms with Crippen LogP contribution in [0.1, 0.15) is 0 Å². The average molecular weight is 228 g/mol. The van der Waals surface area contributed by atoms with Gasteiger partial charge in [-0.1, -0.05) is 18.2 Å². The molecule has 56 valence electrons. The third kappa shape index (κ3) is 1.04. The van der Waals surface area contributed by atoms with Crippen molar-refractivity contribution in [1.29, 1.82) is 0 Å². The first-order valence-corrected chi connectivity index (χ1v) is 4.82. The molecule has 2 N–H and O–H groups in total. The lowest BCUT2D eigenvalue weighted by Gasteiger charge is -1.88. The molecule has 1 nitrogen and oxygen atoms in total. The van der Waals surface area contributed by atoms with Gasteiger partial charge < -0.3 is 5.73 Å². The zero-order valence-corrected chi connectivity index (χ0v) is 8.08. The molecular weight excluding hydrogens is 222 g/mol. The van der Waals surface area contributed by atoms with Crippen LogP contribution in [-0.4, -0.2) is 0 Å². The molecule has 0 amide bonds. The van der Waals surface area contributed by atoms with Crippen molar-refractivity contribution in [1.82, 2.24) is 0 Å². The SMILES string of the molecule is Nc1c(Br)sc2ccccc12. The van der Waals surface area contributed by atoms with E-state index in [0.29, 0.717) is 0 Å². The molecule has 0 fully saturated rings. The van der Waals surface area contributed by atoms with Crippen molar-refractivity contribution in [3.05, 3.63) is 28.1 Å². The molecule has 0 saturated heterocycles. The topological polar surface area (TPSA) is 26.0 Å². The molecule has 0 radical (unpaired) electrons. The van der Waals surface area contributed by atoms with Crippen LogP contribution in [-0.2, 0) is 0 Å². The number of nitrogens with two attached hydrogens (primary N) is 1. The van der Waals surface area contributed by atoms with Crippen LogP contribution in [0.15, 0.2) is 28.1 Å². The van der Waals surface area contributed by atoms with Gasteiger partial charge in [-0.05, 0) is 22.0 Å². The summed E-state index contributed by atoms with van der Waals surface area (Å²) in [4.78, 5) is 0. The van der Waals surface area contributed by atoms with Crippen LogP contribution in [0.3, 0.4) is 0 Å². The smallest absolute Gasteiger partial charge is 0.0940 e. The lowest BCUT2D eigenvalue weighted by Crippen LogP contribution is -1.80.